The first-order chi connectivity index (χ1) is 25.0. The Bertz CT molecular complexity index is 677. The van der Waals surface area contributed by atoms with Crippen LogP contribution in [0.3, 0.4) is 0 Å². The summed E-state index contributed by atoms with van der Waals surface area (Å²) in [6, 6.07) is 0. The van der Waals surface area contributed by atoms with Crippen LogP contribution in [0.4, 0.5) is 0 Å². The second-order valence-corrected chi connectivity index (χ2v) is 16.3. The minimum Gasteiger partial charge on any atom is -0.391 e. The fourth-order valence-electron chi connectivity index (χ4n) is 7.44. The zero-order valence-electron chi connectivity index (χ0n) is 35.0. The Morgan fingerprint density at radius 3 is 0.902 bits per heavy atom. The Hall–Kier alpha value is -1.14. The molecule has 0 unspecified atom stereocenters. The lowest BCUT2D eigenvalue weighted by Crippen LogP contribution is -2.49. The molecule has 0 radical (unpaired) electrons. The van der Waals surface area contributed by atoms with Gasteiger partial charge in [0.2, 0.25) is 11.8 Å². The van der Waals surface area contributed by atoms with Crippen LogP contribution in [0.15, 0.2) is 0 Å². The van der Waals surface area contributed by atoms with Crippen molar-refractivity contribution in [3.63, 3.8) is 0 Å². The number of carbonyl (C=O) groups is 2. The first-order valence-corrected chi connectivity index (χ1v) is 22.9. The predicted molar refractivity (Wildman–Crippen MR) is 222 cm³/mol. The van der Waals surface area contributed by atoms with Crippen molar-refractivity contribution in [2.24, 2.45) is 0 Å². The molecule has 0 rings (SSSR count). The van der Waals surface area contributed by atoms with E-state index in [0.717, 1.165) is 56.1 Å². The minimum absolute atomic E-state index is 0.160. The summed E-state index contributed by atoms with van der Waals surface area (Å²) in [6.45, 7) is 8.68. The monoisotopic (exact) mass is 723 g/mol. The van der Waals surface area contributed by atoms with E-state index in [9.17, 15) is 14.7 Å². The number of nitrogens with one attached hydrogen (secondary N) is 2. The average Bonchev–Trinajstić information content (AvgIpc) is 3.12. The minimum atomic E-state index is 0.160. The number of amides is 2. The molecule has 0 bridgehead atoms. The molecule has 2 amide bonds. The quantitative estimate of drug-likeness (QED) is 0.0433. The number of aliphatic hydroxyl groups excluding tert-OH is 1. The molecule has 0 saturated carbocycles. The van der Waals surface area contributed by atoms with E-state index in [0.29, 0.717) is 32.5 Å². The van der Waals surface area contributed by atoms with Gasteiger partial charge in [0, 0.05) is 38.8 Å². The van der Waals surface area contributed by atoms with Gasteiger partial charge in [0.15, 0.2) is 0 Å². The van der Waals surface area contributed by atoms with Crippen LogP contribution in [0, 0.1) is 0 Å². The fraction of sp³-hybridized carbons (Fsp3) is 0.956. The number of hydrogen-bond donors (Lipinski definition) is 3. The topological polar surface area (TPSA) is 78.4 Å². The van der Waals surface area contributed by atoms with E-state index in [-0.39, 0.29) is 18.4 Å². The summed E-state index contributed by atoms with van der Waals surface area (Å²) in [6.07, 6.45) is 43.3. The smallest absolute Gasteiger partial charge is 0.219 e. The van der Waals surface area contributed by atoms with Crippen LogP contribution >= 0.6 is 0 Å². The van der Waals surface area contributed by atoms with Crippen LogP contribution in [0.25, 0.3) is 0 Å². The molecule has 0 aliphatic carbocycles. The number of nitrogens with zero attached hydrogens (tertiary/aromatic N) is 1. The summed E-state index contributed by atoms with van der Waals surface area (Å²) in [5.41, 5.74) is 0. The lowest BCUT2D eigenvalue weighted by atomic mass is 10.0. The van der Waals surface area contributed by atoms with Crippen LogP contribution in [-0.2, 0) is 9.59 Å². The zero-order valence-corrected chi connectivity index (χ0v) is 35.0. The van der Waals surface area contributed by atoms with Crippen LogP contribution in [0.1, 0.15) is 232 Å². The zero-order chi connectivity index (χ0) is 37.4. The maximum atomic E-state index is 12.3. The fourth-order valence-corrected chi connectivity index (χ4v) is 7.44. The number of carbonyl (C=O) groups excluding carboxylic acids is 2. The molecular weight excluding hydrogens is 631 g/mol. The van der Waals surface area contributed by atoms with Gasteiger partial charge >= 0.3 is 0 Å². The van der Waals surface area contributed by atoms with Gasteiger partial charge in [-0.1, -0.05) is 194 Å². The second kappa shape index (κ2) is 40.1. The van der Waals surface area contributed by atoms with Crippen molar-refractivity contribution >= 4 is 11.8 Å². The highest BCUT2D eigenvalue weighted by molar-refractivity contribution is 5.76. The molecular formula is C45H92N3O3+. The maximum Gasteiger partial charge on any atom is 0.219 e. The van der Waals surface area contributed by atoms with E-state index in [4.69, 9.17) is 0 Å². The van der Waals surface area contributed by atoms with Gasteiger partial charge in [-0.15, -0.1) is 0 Å². The molecule has 0 aromatic rings. The molecule has 3 N–H and O–H groups in total. The van der Waals surface area contributed by atoms with Gasteiger partial charge in [0.05, 0.1) is 26.7 Å². The lowest BCUT2D eigenvalue weighted by Gasteiger charge is -2.34. The SMILES string of the molecule is CCCCCCCCCCCCCCCCCC(=O)NCCC[N+](C)(CCO)CCCNC(=O)CCCCCCCCCCCCCCCCC. The normalized spacial score (nSPS) is 11.7. The third-order valence-electron chi connectivity index (χ3n) is 11.0. The number of quaternary nitrogens is 1. The summed E-state index contributed by atoms with van der Waals surface area (Å²) in [4.78, 5) is 24.7. The Morgan fingerprint density at radius 1 is 0.392 bits per heavy atom. The second-order valence-electron chi connectivity index (χ2n) is 16.3. The Balaban J connectivity index is 3.65. The van der Waals surface area contributed by atoms with E-state index >= 15 is 0 Å². The van der Waals surface area contributed by atoms with Crippen molar-refractivity contribution in [3.8, 4) is 0 Å². The van der Waals surface area contributed by atoms with E-state index in [1.165, 1.54) is 167 Å². The summed E-state index contributed by atoms with van der Waals surface area (Å²) >= 11 is 0. The molecule has 0 spiro atoms. The first kappa shape index (κ1) is 49.9. The number of rotatable bonds is 42. The average molecular weight is 723 g/mol. The van der Waals surface area contributed by atoms with Gasteiger partial charge in [-0.05, 0) is 12.8 Å². The molecule has 0 atom stereocenters. The van der Waals surface area contributed by atoms with Gasteiger partial charge in [-0.2, -0.15) is 0 Å². The van der Waals surface area contributed by atoms with Gasteiger partial charge in [-0.3, -0.25) is 9.59 Å². The number of likely N-dealkylation sites (N-methyl/N-ethyl adjacent to an activating group) is 1. The third-order valence-corrected chi connectivity index (χ3v) is 11.0. The third kappa shape index (κ3) is 38.4. The predicted octanol–water partition coefficient (Wildman–Crippen LogP) is 12.0. The van der Waals surface area contributed by atoms with Crippen molar-refractivity contribution in [1.82, 2.24) is 10.6 Å². The van der Waals surface area contributed by atoms with Crippen LogP contribution in [0.5, 0.6) is 0 Å². The molecule has 51 heavy (non-hydrogen) atoms. The van der Waals surface area contributed by atoms with E-state index in [2.05, 4.69) is 31.5 Å². The number of hydrogen-bond acceptors (Lipinski definition) is 3. The lowest BCUT2D eigenvalue weighted by molar-refractivity contribution is -0.910. The van der Waals surface area contributed by atoms with E-state index < -0.39 is 0 Å². The Labute approximate surface area is 319 Å². The van der Waals surface area contributed by atoms with Gasteiger partial charge in [0.25, 0.3) is 0 Å². The molecule has 0 fully saturated rings. The largest absolute Gasteiger partial charge is 0.391 e. The van der Waals surface area contributed by atoms with Gasteiger partial charge in [-0.25, -0.2) is 0 Å². The molecule has 0 aliphatic rings. The summed E-state index contributed by atoms with van der Waals surface area (Å²) < 4.78 is 0.778. The van der Waals surface area contributed by atoms with Crippen molar-refractivity contribution in [2.75, 3.05) is 46.4 Å². The first-order valence-electron chi connectivity index (χ1n) is 22.9. The molecule has 0 aliphatic heterocycles. The van der Waals surface area contributed by atoms with Gasteiger partial charge < -0.3 is 20.2 Å². The highest BCUT2D eigenvalue weighted by Crippen LogP contribution is 2.15. The summed E-state index contributed by atoms with van der Waals surface area (Å²) in [5, 5.41) is 15.9. The molecule has 0 aromatic carbocycles. The van der Waals surface area contributed by atoms with E-state index in [1.54, 1.807) is 0 Å². The van der Waals surface area contributed by atoms with Crippen LogP contribution in [-0.4, -0.2) is 67.8 Å². The van der Waals surface area contributed by atoms with Crippen molar-refractivity contribution in [1.29, 1.82) is 0 Å². The molecule has 0 heterocycles. The molecule has 304 valence electrons. The van der Waals surface area contributed by atoms with Gasteiger partial charge in [0.1, 0.15) is 6.54 Å². The van der Waals surface area contributed by atoms with E-state index in [1.807, 2.05) is 0 Å². The maximum absolute atomic E-state index is 12.3. The van der Waals surface area contributed by atoms with Crippen molar-refractivity contribution in [3.05, 3.63) is 0 Å². The Morgan fingerprint density at radius 2 is 0.647 bits per heavy atom. The number of aliphatic hydroxyl groups is 1. The molecule has 6 heteroatoms. The molecule has 0 aromatic heterocycles. The highest BCUT2D eigenvalue weighted by Gasteiger charge is 2.20. The molecule has 6 nitrogen and oxygen atoms in total. The summed E-state index contributed by atoms with van der Waals surface area (Å²) in [7, 11) is 2.19. The summed E-state index contributed by atoms with van der Waals surface area (Å²) in [5.74, 6) is 0.357. The van der Waals surface area contributed by atoms with Crippen LogP contribution in [0.2, 0.25) is 0 Å². The van der Waals surface area contributed by atoms with Crippen molar-refractivity contribution < 1.29 is 19.2 Å². The highest BCUT2D eigenvalue weighted by atomic mass is 16.3. The Kier molecular flexibility index (Phi) is 39.2. The van der Waals surface area contributed by atoms with Crippen LogP contribution < -0.4 is 10.6 Å². The van der Waals surface area contributed by atoms with Crippen molar-refractivity contribution in [2.45, 2.75) is 232 Å². The number of unbranched alkanes of at least 4 members (excludes halogenated alkanes) is 28. The molecule has 0 saturated heterocycles. The standard InChI is InChI=1S/C45H91N3O3/c1-4-6-8-10-12-14-16-18-20-22-24-26-28-30-32-36-44(50)46-38-34-40-48(3,42-43-49)41-35-39-47-45(51)37-33-31-29-27-25-23-21-19-17-15-13-11-9-7-5-2/h49H,4-43H2,1-3H3,(H-,46,47,50,51)/p+1.